The smallest absolute Gasteiger partial charge is 0.263 e. The van der Waals surface area contributed by atoms with Crippen LogP contribution in [0.5, 0.6) is 0 Å². The molecule has 32 heavy (non-hydrogen) atoms. The standard InChI is InChI=1S/C25H27ClN2O3S/c1-5-22(19-10-7-16(2)8-11-19)27-25(29)20-12-13-21(26)24(15-20)32(30,31)28-23-14-17(3)6-9-18(23)4/h6-15,22,28H,5H2,1-4H3,(H,27,29). The number of rotatable bonds is 7. The van der Waals surface area contributed by atoms with Gasteiger partial charge in [0.05, 0.1) is 16.8 Å². The predicted molar refractivity (Wildman–Crippen MR) is 130 cm³/mol. The lowest BCUT2D eigenvalue weighted by Crippen LogP contribution is -2.28. The van der Waals surface area contributed by atoms with Crippen molar-refractivity contribution in [2.75, 3.05) is 4.72 Å². The van der Waals surface area contributed by atoms with Crippen LogP contribution in [0.2, 0.25) is 5.02 Å². The molecule has 0 bridgehead atoms. The number of hydrogen-bond acceptors (Lipinski definition) is 3. The number of aryl methyl sites for hydroxylation is 3. The minimum absolute atomic E-state index is 0.0462. The summed E-state index contributed by atoms with van der Waals surface area (Å²) in [4.78, 5) is 12.8. The van der Waals surface area contributed by atoms with E-state index in [0.717, 1.165) is 22.3 Å². The van der Waals surface area contributed by atoms with E-state index in [1.807, 2.05) is 64.1 Å². The van der Waals surface area contributed by atoms with E-state index in [1.54, 1.807) is 6.07 Å². The number of carbonyl (C=O) groups is 1. The van der Waals surface area contributed by atoms with Crippen molar-refractivity contribution >= 4 is 33.2 Å². The SMILES string of the molecule is CCC(NC(=O)c1ccc(Cl)c(S(=O)(=O)Nc2cc(C)ccc2C)c1)c1ccc(C)cc1. The first kappa shape index (κ1) is 23.8. The number of sulfonamides is 1. The van der Waals surface area contributed by atoms with Crippen LogP contribution in [0, 0.1) is 20.8 Å². The van der Waals surface area contributed by atoms with Crippen LogP contribution >= 0.6 is 11.6 Å². The van der Waals surface area contributed by atoms with E-state index < -0.39 is 10.0 Å². The number of carbonyl (C=O) groups excluding carboxylic acids is 1. The Bertz CT molecular complexity index is 1240. The van der Waals surface area contributed by atoms with Crippen molar-refractivity contribution in [2.24, 2.45) is 0 Å². The van der Waals surface area contributed by atoms with Gasteiger partial charge in [-0.1, -0.05) is 60.5 Å². The number of benzene rings is 3. The summed E-state index contributed by atoms with van der Waals surface area (Å²) in [5, 5.41) is 3.03. The van der Waals surface area contributed by atoms with Gasteiger partial charge in [0.1, 0.15) is 4.90 Å². The van der Waals surface area contributed by atoms with Crippen LogP contribution in [0.3, 0.4) is 0 Å². The van der Waals surface area contributed by atoms with E-state index in [-0.39, 0.29) is 27.4 Å². The van der Waals surface area contributed by atoms with E-state index in [4.69, 9.17) is 11.6 Å². The zero-order chi connectivity index (χ0) is 23.5. The Balaban J connectivity index is 1.87. The molecule has 2 N–H and O–H groups in total. The molecule has 5 nitrogen and oxygen atoms in total. The second kappa shape index (κ2) is 9.76. The molecule has 1 unspecified atom stereocenters. The first-order valence-corrected chi connectivity index (χ1v) is 12.2. The molecule has 0 fully saturated rings. The summed E-state index contributed by atoms with van der Waals surface area (Å²) in [7, 11) is -3.99. The lowest BCUT2D eigenvalue weighted by atomic mass is 10.0. The van der Waals surface area contributed by atoms with Crippen LogP contribution in [-0.4, -0.2) is 14.3 Å². The first-order valence-electron chi connectivity index (χ1n) is 10.4. The molecule has 0 aliphatic heterocycles. The van der Waals surface area contributed by atoms with Crippen molar-refractivity contribution in [1.82, 2.24) is 5.32 Å². The van der Waals surface area contributed by atoms with Gasteiger partial charge in [-0.25, -0.2) is 8.42 Å². The second-order valence-electron chi connectivity index (χ2n) is 7.91. The molecular weight excluding hydrogens is 444 g/mol. The molecule has 0 aromatic heterocycles. The molecule has 7 heteroatoms. The Morgan fingerprint density at radius 2 is 1.59 bits per heavy atom. The summed E-state index contributed by atoms with van der Waals surface area (Å²) < 4.78 is 28.7. The van der Waals surface area contributed by atoms with Crippen molar-refractivity contribution < 1.29 is 13.2 Å². The highest BCUT2D eigenvalue weighted by Crippen LogP contribution is 2.27. The Morgan fingerprint density at radius 3 is 2.25 bits per heavy atom. The molecule has 1 atom stereocenters. The summed E-state index contributed by atoms with van der Waals surface area (Å²) in [6.45, 7) is 7.69. The van der Waals surface area contributed by atoms with Crippen molar-refractivity contribution in [3.63, 3.8) is 0 Å². The molecular formula is C25H27ClN2O3S. The van der Waals surface area contributed by atoms with E-state index in [9.17, 15) is 13.2 Å². The fourth-order valence-corrected chi connectivity index (χ4v) is 5.01. The van der Waals surface area contributed by atoms with Gasteiger partial charge >= 0.3 is 0 Å². The van der Waals surface area contributed by atoms with Gasteiger partial charge in [-0.15, -0.1) is 0 Å². The van der Waals surface area contributed by atoms with Gasteiger partial charge in [-0.3, -0.25) is 9.52 Å². The Labute approximate surface area is 194 Å². The number of anilines is 1. The Kier molecular flexibility index (Phi) is 7.26. The molecule has 3 aromatic rings. The van der Waals surface area contributed by atoms with E-state index in [1.165, 1.54) is 18.2 Å². The normalized spacial score (nSPS) is 12.3. The van der Waals surface area contributed by atoms with Crippen LogP contribution in [0.1, 0.15) is 52.0 Å². The number of amides is 1. The number of halogens is 1. The molecule has 0 aliphatic rings. The topological polar surface area (TPSA) is 75.3 Å². The van der Waals surface area contributed by atoms with Crippen LogP contribution in [0.25, 0.3) is 0 Å². The molecule has 0 aliphatic carbocycles. The molecule has 168 valence electrons. The number of hydrogen-bond donors (Lipinski definition) is 2. The molecule has 0 saturated heterocycles. The van der Waals surface area contributed by atoms with E-state index >= 15 is 0 Å². The first-order chi connectivity index (χ1) is 15.1. The molecule has 0 radical (unpaired) electrons. The zero-order valence-corrected chi connectivity index (χ0v) is 20.1. The quantitative estimate of drug-likeness (QED) is 0.448. The zero-order valence-electron chi connectivity index (χ0n) is 18.6. The lowest BCUT2D eigenvalue weighted by molar-refractivity contribution is 0.0935. The van der Waals surface area contributed by atoms with Gasteiger partial charge in [0.25, 0.3) is 15.9 Å². The van der Waals surface area contributed by atoms with E-state index in [2.05, 4.69) is 10.0 Å². The molecule has 0 saturated carbocycles. The highest BCUT2D eigenvalue weighted by atomic mass is 35.5. The minimum atomic E-state index is -3.99. The third-order valence-electron chi connectivity index (χ3n) is 5.31. The minimum Gasteiger partial charge on any atom is -0.345 e. The largest absolute Gasteiger partial charge is 0.345 e. The Morgan fingerprint density at radius 1 is 0.938 bits per heavy atom. The third-order valence-corrected chi connectivity index (χ3v) is 7.16. The van der Waals surface area contributed by atoms with Gasteiger partial charge in [0.2, 0.25) is 0 Å². The summed E-state index contributed by atoms with van der Waals surface area (Å²) in [5.41, 5.74) is 4.54. The molecule has 3 rings (SSSR count). The third kappa shape index (κ3) is 5.50. The lowest BCUT2D eigenvalue weighted by Gasteiger charge is -2.18. The molecule has 1 amide bonds. The summed E-state index contributed by atoms with van der Waals surface area (Å²) >= 11 is 6.22. The fourth-order valence-electron chi connectivity index (χ4n) is 3.36. The summed E-state index contributed by atoms with van der Waals surface area (Å²) in [5.74, 6) is -0.364. The number of nitrogens with one attached hydrogen (secondary N) is 2. The van der Waals surface area contributed by atoms with Crippen LogP contribution in [0.4, 0.5) is 5.69 Å². The van der Waals surface area contributed by atoms with Crippen molar-refractivity contribution in [2.45, 2.75) is 45.1 Å². The van der Waals surface area contributed by atoms with Gasteiger partial charge in [0.15, 0.2) is 0 Å². The van der Waals surface area contributed by atoms with Gasteiger partial charge in [0, 0.05) is 5.56 Å². The Hall–Kier alpha value is -2.83. The predicted octanol–water partition coefficient (Wildman–Crippen LogP) is 5.95. The highest BCUT2D eigenvalue weighted by Gasteiger charge is 2.22. The van der Waals surface area contributed by atoms with Crippen LogP contribution in [0.15, 0.2) is 65.6 Å². The van der Waals surface area contributed by atoms with Crippen molar-refractivity contribution in [3.8, 4) is 0 Å². The molecule has 0 heterocycles. The molecule has 0 spiro atoms. The van der Waals surface area contributed by atoms with Crippen LogP contribution < -0.4 is 10.0 Å². The van der Waals surface area contributed by atoms with Gasteiger partial charge in [-0.05, 0) is 68.1 Å². The highest BCUT2D eigenvalue weighted by molar-refractivity contribution is 7.92. The van der Waals surface area contributed by atoms with Gasteiger partial charge in [-0.2, -0.15) is 0 Å². The maximum Gasteiger partial charge on any atom is 0.263 e. The van der Waals surface area contributed by atoms with Gasteiger partial charge < -0.3 is 5.32 Å². The average Bonchev–Trinajstić information content (AvgIpc) is 2.75. The second-order valence-corrected chi connectivity index (χ2v) is 9.97. The fraction of sp³-hybridized carbons (Fsp3) is 0.240. The van der Waals surface area contributed by atoms with Crippen molar-refractivity contribution in [3.05, 3.63) is 93.5 Å². The monoisotopic (exact) mass is 470 g/mol. The molecule has 3 aromatic carbocycles. The average molecular weight is 471 g/mol. The maximum atomic E-state index is 13.1. The maximum absolute atomic E-state index is 13.1. The van der Waals surface area contributed by atoms with E-state index in [0.29, 0.717) is 12.1 Å². The van der Waals surface area contributed by atoms with Crippen LogP contribution in [-0.2, 0) is 10.0 Å². The summed E-state index contributed by atoms with van der Waals surface area (Å²) in [6, 6.07) is 17.5. The van der Waals surface area contributed by atoms with Crippen molar-refractivity contribution in [1.29, 1.82) is 0 Å². The summed E-state index contributed by atoms with van der Waals surface area (Å²) in [6.07, 6.45) is 0.696.